The molecule has 2 aliphatic rings. The van der Waals surface area contributed by atoms with Crippen LogP contribution in [-0.4, -0.2) is 55.5 Å². The lowest BCUT2D eigenvalue weighted by Crippen LogP contribution is -2.44. The number of para-hydroxylation sites is 1. The fourth-order valence-corrected chi connectivity index (χ4v) is 4.34. The van der Waals surface area contributed by atoms with Crippen molar-refractivity contribution in [3.8, 4) is 0 Å². The van der Waals surface area contributed by atoms with Gasteiger partial charge in [0.2, 0.25) is 5.91 Å². The second kappa shape index (κ2) is 9.31. The molecule has 1 atom stereocenters. The van der Waals surface area contributed by atoms with E-state index in [9.17, 15) is 14.4 Å². The first kappa shape index (κ1) is 21.1. The Morgan fingerprint density at radius 2 is 1.90 bits per heavy atom. The second-order valence-corrected chi connectivity index (χ2v) is 7.86. The second-order valence-electron chi connectivity index (χ2n) is 7.86. The molecule has 0 aliphatic carbocycles. The minimum Gasteiger partial charge on any atom is -0.385 e. The molecular formula is C24H27N3O4. The summed E-state index contributed by atoms with van der Waals surface area (Å²) in [6.07, 6.45) is 2.21. The number of hydrogen-bond acceptors (Lipinski definition) is 4. The summed E-state index contributed by atoms with van der Waals surface area (Å²) in [5.41, 5.74) is 2.40. The van der Waals surface area contributed by atoms with Crippen molar-refractivity contribution < 1.29 is 19.1 Å². The van der Waals surface area contributed by atoms with Gasteiger partial charge in [-0.05, 0) is 43.0 Å². The third-order valence-electron chi connectivity index (χ3n) is 5.89. The molecule has 3 amide bonds. The Bertz CT molecular complexity index is 990. The van der Waals surface area contributed by atoms with Crippen molar-refractivity contribution in [2.45, 2.75) is 31.8 Å². The summed E-state index contributed by atoms with van der Waals surface area (Å²) in [5, 5.41) is 2.91. The van der Waals surface area contributed by atoms with Gasteiger partial charge in [-0.3, -0.25) is 14.4 Å². The van der Waals surface area contributed by atoms with Crippen molar-refractivity contribution in [3.05, 3.63) is 65.2 Å². The largest absolute Gasteiger partial charge is 0.385 e. The third-order valence-corrected chi connectivity index (χ3v) is 5.89. The Balaban J connectivity index is 1.64. The number of nitrogens with one attached hydrogen (secondary N) is 1. The molecule has 0 spiro atoms. The first-order valence-corrected chi connectivity index (χ1v) is 10.7. The normalized spacial score (nSPS) is 17.9. The van der Waals surface area contributed by atoms with E-state index in [4.69, 9.17) is 4.74 Å². The molecule has 2 heterocycles. The van der Waals surface area contributed by atoms with Crippen LogP contribution in [0, 0.1) is 0 Å². The number of methoxy groups -OCH3 is 1. The topological polar surface area (TPSA) is 79.0 Å². The summed E-state index contributed by atoms with van der Waals surface area (Å²) < 4.78 is 5.03. The Kier molecular flexibility index (Phi) is 6.32. The molecule has 7 heteroatoms. The van der Waals surface area contributed by atoms with E-state index in [-0.39, 0.29) is 24.3 Å². The number of hydrogen-bond donors (Lipinski definition) is 1. The predicted molar refractivity (Wildman–Crippen MR) is 117 cm³/mol. The van der Waals surface area contributed by atoms with Crippen LogP contribution in [-0.2, 0) is 16.1 Å². The maximum atomic E-state index is 13.5. The number of nitrogens with zero attached hydrogens (tertiary/aromatic N) is 2. The van der Waals surface area contributed by atoms with Gasteiger partial charge < -0.3 is 19.9 Å². The van der Waals surface area contributed by atoms with Crippen LogP contribution >= 0.6 is 0 Å². The molecule has 0 bridgehead atoms. The van der Waals surface area contributed by atoms with Gasteiger partial charge in [0.15, 0.2) is 0 Å². The zero-order valence-electron chi connectivity index (χ0n) is 17.7. The van der Waals surface area contributed by atoms with E-state index in [1.807, 2.05) is 30.3 Å². The summed E-state index contributed by atoms with van der Waals surface area (Å²) in [7, 11) is 1.63. The number of carbonyl (C=O) groups excluding carboxylic acids is 3. The lowest BCUT2D eigenvalue weighted by molar-refractivity contribution is -0.122. The minimum absolute atomic E-state index is 0.0916. The summed E-state index contributed by atoms with van der Waals surface area (Å²) in [6, 6.07) is 14.1. The van der Waals surface area contributed by atoms with Gasteiger partial charge in [0.05, 0.1) is 17.8 Å². The molecule has 4 rings (SSSR count). The van der Waals surface area contributed by atoms with Crippen molar-refractivity contribution in [1.82, 2.24) is 10.2 Å². The van der Waals surface area contributed by atoms with Crippen LogP contribution in [0.5, 0.6) is 0 Å². The number of amides is 3. The van der Waals surface area contributed by atoms with E-state index in [1.165, 1.54) is 0 Å². The van der Waals surface area contributed by atoms with Gasteiger partial charge in [-0.15, -0.1) is 0 Å². The van der Waals surface area contributed by atoms with E-state index in [0.717, 1.165) is 18.4 Å². The Labute approximate surface area is 182 Å². The van der Waals surface area contributed by atoms with Crippen molar-refractivity contribution in [2.24, 2.45) is 0 Å². The summed E-state index contributed by atoms with van der Waals surface area (Å²) >= 11 is 0. The molecule has 0 unspecified atom stereocenters. The highest BCUT2D eigenvalue weighted by molar-refractivity contribution is 6.11. The molecule has 2 aromatic rings. The van der Waals surface area contributed by atoms with Gasteiger partial charge in [0, 0.05) is 32.4 Å². The molecule has 0 saturated carbocycles. The van der Waals surface area contributed by atoms with E-state index in [1.54, 1.807) is 35.1 Å². The van der Waals surface area contributed by atoms with Gasteiger partial charge in [0.25, 0.3) is 11.8 Å². The van der Waals surface area contributed by atoms with Crippen LogP contribution < -0.4 is 10.2 Å². The molecular weight excluding hydrogens is 394 g/mol. The maximum Gasteiger partial charge on any atom is 0.256 e. The highest BCUT2D eigenvalue weighted by atomic mass is 16.5. The molecule has 2 aliphatic heterocycles. The van der Waals surface area contributed by atoms with Crippen LogP contribution in [0.2, 0.25) is 0 Å². The van der Waals surface area contributed by atoms with Gasteiger partial charge in [-0.2, -0.15) is 0 Å². The van der Waals surface area contributed by atoms with Crippen LogP contribution in [0.15, 0.2) is 48.5 Å². The fourth-order valence-electron chi connectivity index (χ4n) is 4.34. The number of carbonyl (C=O) groups is 3. The van der Waals surface area contributed by atoms with Crippen molar-refractivity contribution in [2.75, 3.05) is 31.7 Å². The van der Waals surface area contributed by atoms with E-state index in [2.05, 4.69) is 5.32 Å². The van der Waals surface area contributed by atoms with Crippen molar-refractivity contribution >= 4 is 23.4 Å². The van der Waals surface area contributed by atoms with Crippen LogP contribution in [0.1, 0.15) is 45.5 Å². The zero-order chi connectivity index (χ0) is 21.8. The summed E-state index contributed by atoms with van der Waals surface area (Å²) in [5.74, 6) is -0.370. The van der Waals surface area contributed by atoms with Gasteiger partial charge in [0.1, 0.15) is 6.04 Å². The quantitative estimate of drug-likeness (QED) is 0.697. The number of ether oxygens (including phenoxy) is 1. The average Bonchev–Trinajstić information content (AvgIpc) is 3.27. The fraction of sp³-hybridized carbons (Fsp3) is 0.375. The van der Waals surface area contributed by atoms with Crippen molar-refractivity contribution in [3.63, 3.8) is 0 Å². The zero-order valence-corrected chi connectivity index (χ0v) is 17.7. The summed E-state index contributed by atoms with van der Waals surface area (Å²) in [4.78, 5) is 42.7. The highest BCUT2D eigenvalue weighted by Crippen LogP contribution is 2.33. The maximum absolute atomic E-state index is 13.5. The molecule has 1 saturated heterocycles. The van der Waals surface area contributed by atoms with Crippen LogP contribution in [0.25, 0.3) is 0 Å². The standard InChI is InChI=1S/C24H27N3O4/c1-31-15-7-13-25-22(28)18-9-3-2-8-17(18)16-27-20-11-5-4-10-19(20)23(29)26-14-6-12-21(26)24(27)30/h2-5,8-11,21H,6-7,12-16H2,1H3,(H,25,28)/t21-/m1/s1. The molecule has 31 heavy (non-hydrogen) atoms. The lowest BCUT2D eigenvalue weighted by Gasteiger charge is -2.26. The van der Waals surface area contributed by atoms with E-state index in [0.29, 0.717) is 42.9 Å². The van der Waals surface area contributed by atoms with Crippen LogP contribution in [0.3, 0.4) is 0 Å². The molecule has 1 N–H and O–H groups in total. The van der Waals surface area contributed by atoms with Gasteiger partial charge in [-0.25, -0.2) is 0 Å². The first-order valence-electron chi connectivity index (χ1n) is 10.7. The molecule has 7 nitrogen and oxygen atoms in total. The smallest absolute Gasteiger partial charge is 0.256 e. The predicted octanol–water partition coefficient (Wildman–Crippen LogP) is 2.60. The van der Waals surface area contributed by atoms with Gasteiger partial charge >= 0.3 is 0 Å². The summed E-state index contributed by atoms with van der Waals surface area (Å²) in [6.45, 7) is 1.91. The minimum atomic E-state index is -0.449. The molecule has 0 radical (unpaired) electrons. The molecule has 1 fully saturated rings. The number of benzene rings is 2. The molecule has 162 valence electrons. The Morgan fingerprint density at radius 1 is 1.13 bits per heavy atom. The number of rotatable bonds is 7. The van der Waals surface area contributed by atoms with Gasteiger partial charge in [-0.1, -0.05) is 30.3 Å². The highest BCUT2D eigenvalue weighted by Gasteiger charge is 2.42. The Morgan fingerprint density at radius 3 is 2.74 bits per heavy atom. The first-order chi connectivity index (χ1) is 15.1. The average molecular weight is 421 g/mol. The monoisotopic (exact) mass is 421 g/mol. The number of fused-ring (bicyclic) bond motifs is 2. The van der Waals surface area contributed by atoms with E-state index < -0.39 is 6.04 Å². The molecule has 0 aromatic heterocycles. The van der Waals surface area contributed by atoms with Crippen molar-refractivity contribution in [1.29, 1.82) is 0 Å². The lowest BCUT2D eigenvalue weighted by atomic mass is 10.0. The SMILES string of the molecule is COCCCNC(=O)c1ccccc1CN1C(=O)[C@H]2CCCN2C(=O)c2ccccc21. The third kappa shape index (κ3) is 4.18. The molecule has 2 aromatic carbocycles. The number of anilines is 1. The van der Waals surface area contributed by atoms with Crippen LogP contribution in [0.4, 0.5) is 5.69 Å². The Hall–Kier alpha value is -3.19. The van der Waals surface area contributed by atoms with E-state index >= 15 is 0 Å².